The molecule has 0 spiro atoms. The number of rotatable bonds is 5. The number of aromatic nitrogens is 1. The minimum Gasteiger partial charge on any atom is -0.361 e. The van der Waals surface area contributed by atoms with Crippen LogP contribution in [0.15, 0.2) is 30.5 Å². The highest BCUT2D eigenvalue weighted by molar-refractivity contribution is 5.85. The Morgan fingerprint density at radius 3 is 2.59 bits per heavy atom. The Morgan fingerprint density at radius 2 is 1.86 bits per heavy atom. The molecule has 1 aliphatic rings. The Balaban J connectivity index is 0.00000121. The van der Waals surface area contributed by atoms with Crippen molar-refractivity contribution in [1.29, 1.82) is 0 Å². The molecule has 1 atom stereocenters. The van der Waals surface area contributed by atoms with Crippen LogP contribution < -0.4 is 5.32 Å². The summed E-state index contributed by atoms with van der Waals surface area (Å²) >= 11 is 0. The van der Waals surface area contributed by atoms with E-state index in [2.05, 4.69) is 52.6 Å². The van der Waals surface area contributed by atoms with Crippen LogP contribution in [0.25, 0.3) is 10.9 Å². The standard InChI is InChI=1S/C17H25N3.2ClH/c1-2-3-8-17(20-11-9-18-10-12-20)15-13-19-16-7-5-4-6-14(15)16;;/h4-7,13,17-19H,2-3,8-12H2,1H3;2*1H/t17-;;/m1../s1. The van der Waals surface area contributed by atoms with Gasteiger partial charge in [0.25, 0.3) is 0 Å². The van der Waals surface area contributed by atoms with Gasteiger partial charge in [-0.2, -0.15) is 0 Å². The second kappa shape index (κ2) is 9.41. The van der Waals surface area contributed by atoms with E-state index in [0.29, 0.717) is 6.04 Å². The second-order valence-corrected chi connectivity index (χ2v) is 5.73. The van der Waals surface area contributed by atoms with E-state index in [4.69, 9.17) is 0 Å². The predicted molar refractivity (Wildman–Crippen MR) is 99.5 cm³/mol. The van der Waals surface area contributed by atoms with E-state index in [1.54, 1.807) is 0 Å². The number of piperazine rings is 1. The van der Waals surface area contributed by atoms with Gasteiger partial charge in [0.1, 0.15) is 0 Å². The van der Waals surface area contributed by atoms with Crippen molar-refractivity contribution in [3.05, 3.63) is 36.0 Å². The van der Waals surface area contributed by atoms with E-state index < -0.39 is 0 Å². The average molecular weight is 344 g/mol. The normalized spacial score (nSPS) is 16.8. The van der Waals surface area contributed by atoms with Gasteiger partial charge in [-0.1, -0.05) is 38.0 Å². The van der Waals surface area contributed by atoms with Gasteiger partial charge in [-0.3, -0.25) is 4.90 Å². The van der Waals surface area contributed by atoms with Crippen molar-refractivity contribution in [3.63, 3.8) is 0 Å². The number of unbranched alkanes of at least 4 members (excludes halogenated alkanes) is 1. The zero-order valence-corrected chi connectivity index (χ0v) is 14.8. The van der Waals surface area contributed by atoms with E-state index in [1.165, 1.54) is 35.7 Å². The summed E-state index contributed by atoms with van der Waals surface area (Å²) < 4.78 is 0. The van der Waals surface area contributed by atoms with Crippen molar-refractivity contribution in [2.24, 2.45) is 0 Å². The smallest absolute Gasteiger partial charge is 0.0457 e. The Morgan fingerprint density at radius 1 is 1.14 bits per heavy atom. The van der Waals surface area contributed by atoms with E-state index in [1.807, 2.05) is 0 Å². The van der Waals surface area contributed by atoms with Gasteiger partial charge in [-0.05, 0) is 18.1 Å². The third-order valence-corrected chi connectivity index (χ3v) is 4.40. The largest absolute Gasteiger partial charge is 0.361 e. The minimum absolute atomic E-state index is 0. The molecule has 22 heavy (non-hydrogen) atoms. The fraction of sp³-hybridized carbons (Fsp3) is 0.529. The Labute approximate surface area is 145 Å². The van der Waals surface area contributed by atoms with Crippen LogP contribution in [0, 0.1) is 0 Å². The molecular formula is C17H27Cl2N3. The number of hydrogen-bond acceptors (Lipinski definition) is 2. The molecule has 0 radical (unpaired) electrons. The summed E-state index contributed by atoms with van der Waals surface area (Å²) in [5.74, 6) is 0. The van der Waals surface area contributed by atoms with Crippen LogP contribution in [-0.2, 0) is 0 Å². The predicted octanol–water partition coefficient (Wildman–Crippen LogP) is 4.15. The molecule has 2 heterocycles. The summed E-state index contributed by atoms with van der Waals surface area (Å²) in [4.78, 5) is 6.10. The molecule has 0 saturated carbocycles. The number of H-pyrrole nitrogens is 1. The van der Waals surface area contributed by atoms with Crippen LogP contribution in [0.4, 0.5) is 0 Å². The maximum Gasteiger partial charge on any atom is 0.0457 e. The molecule has 1 aliphatic heterocycles. The molecule has 0 amide bonds. The van der Waals surface area contributed by atoms with Crippen LogP contribution in [0.1, 0.15) is 37.8 Å². The number of halogens is 2. The highest BCUT2D eigenvalue weighted by Crippen LogP contribution is 2.32. The van der Waals surface area contributed by atoms with Crippen LogP contribution in [0.3, 0.4) is 0 Å². The molecule has 3 rings (SSSR count). The first-order valence-electron chi connectivity index (χ1n) is 7.91. The maximum absolute atomic E-state index is 3.46. The van der Waals surface area contributed by atoms with Crippen molar-refractivity contribution in [1.82, 2.24) is 15.2 Å². The Hall–Kier alpha value is -0.740. The lowest BCUT2D eigenvalue weighted by Crippen LogP contribution is -2.45. The van der Waals surface area contributed by atoms with Crippen LogP contribution in [0.2, 0.25) is 0 Å². The van der Waals surface area contributed by atoms with Gasteiger partial charge in [0, 0.05) is 49.3 Å². The lowest BCUT2D eigenvalue weighted by atomic mass is 9.98. The molecule has 5 heteroatoms. The summed E-state index contributed by atoms with van der Waals surface area (Å²) in [7, 11) is 0. The molecule has 1 aromatic carbocycles. The number of aromatic amines is 1. The van der Waals surface area contributed by atoms with E-state index in [0.717, 1.165) is 26.2 Å². The minimum atomic E-state index is 0. The van der Waals surface area contributed by atoms with Gasteiger partial charge in [-0.15, -0.1) is 24.8 Å². The average Bonchev–Trinajstić information content (AvgIpc) is 2.93. The van der Waals surface area contributed by atoms with Gasteiger partial charge in [-0.25, -0.2) is 0 Å². The van der Waals surface area contributed by atoms with Gasteiger partial charge in [0.2, 0.25) is 0 Å². The summed E-state index contributed by atoms with van der Waals surface area (Å²) in [5, 5.41) is 4.85. The Kier molecular flexibility index (Phi) is 8.26. The zero-order valence-electron chi connectivity index (χ0n) is 13.2. The van der Waals surface area contributed by atoms with Crippen molar-refractivity contribution in [2.75, 3.05) is 26.2 Å². The number of nitrogens with one attached hydrogen (secondary N) is 2. The lowest BCUT2D eigenvalue weighted by Gasteiger charge is -2.35. The van der Waals surface area contributed by atoms with Gasteiger partial charge in [0.05, 0.1) is 0 Å². The summed E-state index contributed by atoms with van der Waals surface area (Å²) in [6.07, 6.45) is 6.06. The van der Waals surface area contributed by atoms with E-state index in [9.17, 15) is 0 Å². The quantitative estimate of drug-likeness (QED) is 0.854. The Bertz CT molecular complexity index is 550. The van der Waals surface area contributed by atoms with Gasteiger partial charge >= 0.3 is 0 Å². The third kappa shape index (κ3) is 4.17. The van der Waals surface area contributed by atoms with Crippen molar-refractivity contribution in [2.45, 2.75) is 32.2 Å². The monoisotopic (exact) mass is 343 g/mol. The van der Waals surface area contributed by atoms with Crippen LogP contribution >= 0.6 is 24.8 Å². The maximum atomic E-state index is 3.46. The molecule has 124 valence electrons. The summed E-state index contributed by atoms with van der Waals surface area (Å²) in [6.45, 7) is 6.84. The second-order valence-electron chi connectivity index (χ2n) is 5.73. The molecule has 1 fully saturated rings. The highest BCUT2D eigenvalue weighted by atomic mass is 35.5. The zero-order chi connectivity index (χ0) is 13.8. The molecule has 0 unspecified atom stereocenters. The molecule has 0 bridgehead atoms. The number of fused-ring (bicyclic) bond motifs is 1. The van der Waals surface area contributed by atoms with Crippen molar-refractivity contribution in [3.8, 4) is 0 Å². The number of benzene rings is 1. The number of nitrogens with zero attached hydrogens (tertiary/aromatic N) is 1. The summed E-state index contributed by atoms with van der Waals surface area (Å²) in [5.41, 5.74) is 2.75. The van der Waals surface area contributed by atoms with Gasteiger partial charge < -0.3 is 10.3 Å². The fourth-order valence-electron chi connectivity index (χ4n) is 3.30. The van der Waals surface area contributed by atoms with E-state index >= 15 is 0 Å². The van der Waals surface area contributed by atoms with E-state index in [-0.39, 0.29) is 24.8 Å². The van der Waals surface area contributed by atoms with Crippen molar-refractivity contribution < 1.29 is 0 Å². The first kappa shape index (κ1) is 19.3. The fourth-order valence-corrected chi connectivity index (χ4v) is 3.30. The highest BCUT2D eigenvalue weighted by Gasteiger charge is 2.23. The molecule has 2 N–H and O–H groups in total. The van der Waals surface area contributed by atoms with Crippen LogP contribution in [-0.4, -0.2) is 36.1 Å². The molecule has 1 saturated heterocycles. The van der Waals surface area contributed by atoms with Crippen LogP contribution in [0.5, 0.6) is 0 Å². The van der Waals surface area contributed by atoms with Crippen molar-refractivity contribution >= 4 is 35.7 Å². The topological polar surface area (TPSA) is 31.1 Å². The SMILES string of the molecule is CCCC[C@H](c1c[nH]c2ccccc12)N1CCNCC1.Cl.Cl. The summed E-state index contributed by atoms with van der Waals surface area (Å²) in [6, 6.07) is 9.24. The lowest BCUT2D eigenvalue weighted by molar-refractivity contribution is 0.164. The van der Waals surface area contributed by atoms with Gasteiger partial charge in [0.15, 0.2) is 0 Å². The first-order chi connectivity index (χ1) is 9.90. The third-order valence-electron chi connectivity index (χ3n) is 4.40. The number of hydrogen-bond donors (Lipinski definition) is 2. The number of para-hydroxylation sites is 1. The molecule has 0 aliphatic carbocycles. The first-order valence-corrected chi connectivity index (χ1v) is 7.91. The molecule has 3 nitrogen and oxygen atoms in total. The molecule has 1 aromatic heterocycles. The molecular weight excluding hydrogens is 317 g/mol. The molecule has 2 aromatic rings.